The number of nitrogens with two attached hydrogens (primary N) is 1. The molecule has 0 radical (unpaired) electrons. The van der Waals surface area contributed by atoms with Crippen molar-refractivity contribution < 1.29 is 14.2 Å². The Balaban J connectivity index is 2.95. The van der Waals surface area contributed by atoms with Crippen molar-refractivity contribution in [2.75, 3.05) is 20.8 Å². The van der Waals surface area contributed by atoms with E-state index in [1.54, 1.807) is 14.2 Å². The second-order valence-electron chi connectivity index (χ2n) is 4.51. The summed E-state index contributed by atoms with van der Waals surface area (Å²) in [6.07, 6.45) is 0.727. The molecule has 0 aliphatic heterocycles. The summed E-state index contributed by atoms with van der Waals surface area (Å²) in [6.45, 7) is 4.48. The molecule has 0 aliphatic carbocycles. The lowest BCUT2D eigenvalue weighted by atomic mass is 10.1. The molecule has 0 aliphatic rings. The largest absolute Gasteiger partial charge is 0.493 e. The molecular weight excluding hydrogens is 230 g/mol. The van der Waals surface area contributed by atoms with E-state index in [-0.39, 0.29) is 12.1 Å². The highest BCUT2D eigenvalue weighted by Gasteiger charge is 2.14. The van der Waals surface area contributed by atoms with Crippen LogP contribution in [0.5, 0.6) is 11.5 Å². The maximum absolute atomic E-state index is 5.90. The van der Waals surface area contributed by atoms with Gasteiger partial charge in [0, 0.05) is 13.2 Å². The standard InChI is InChI=1S/C14H23NO3/c1-10(15)8-12-6-5-7-13(17-4)14(12)18-11(2)9-16-3/h5-7,10-11H,8-9,15H2,1-4H3. The van der Waals surface area contributed by atoms with Crippen LogP contribution in [0.4, 0.5) is 0 Å². The van der Waals surface area contributed by atoms with E-state index in [1.165, 1.54) is 0 Å². The Morgan fingerprint density at radius 2 is 1.94 bits per heavy atom. The second kappa shape index (κ2) is 7.24. The third-order valence-electron chi connectivity index (χ3n) is 2.54. The van der Waals surface area contributed by atoms with Crippen LogP contribution in [0.1, 0.15) is 19.4 Å². The molecule has 0 heterocycles. The van der Waals surface area contributed by atoms with Crippen LogP contribution in [0.3, 0.4) is 0 Å². The zero-order chi connectivity index (χ0) is 13.5. The molecule has 0 aromatic heterocycles. The van der Waals surface area contributed by atoms with Crippen molar-refractivity contribution in [3.05, 3.63) is 23.8 Å². The Morgan fingerprint density at radius 3 is 2.50 bits per heavy atom. The molecule has 4 nitrogen and oxygen atoms in total. The molecule has 0 fully saturated rings. The van der Waals surface area contributed by atoms with E-state index in [2.05, 4.69) is 0 Å². The summed E-state index contributed by atoms with van der Waals surface area (Å²) in [5.41, 5.74) is 6.92. The van der Waals surface area contributed by atoms with Crippen LogP contribution >= 0.6 is 0 Å². The molecule has 18 heavy (non-hydrogen) atoms. The Bertz CT molecular complexity index is 366. The lowest BCUT2D eigenvalue weighted by Crippen LogP contribution is -2.22. The number of hydrogen-bond acceptors (Lipinski definition) is 4. The summed E-state index contributed by atoms with van der Waals surface area (Å²) in [6, 6.07) is 5.93. The van der Waals surface area contributed by atoms with Crippen LogP contribution in [0, 0.1) is 0 Å². The Labute approximate surface area is 109 Å². The molecule has 0 amide bonds. The summed E-state index contributed by atoms with van der Waals surface area (Å²) >= 11 is 0. The third-order valence-corrected chi connectivity index (χ3v) is 2.54. The van der Waals surface area contributed by atoms with E-state index >= 15 is 0 Å². The van der Waals surface area contributed by atoms with Gasteiger partial charge in [0.1, 0.15) is 6.10 Å². The van der Waals surface area contributed by atoms with Gasteiger partial charge in [0.05, 0.1) is 13.7 Å². The van der Waals surface area contributed by atoms with Gasteiger partial charge in [-0.1, -0.05) is 12.1 Å². The second-order valence-corrected chi connectivity index (χ2v) is 4.51. The number of hydrogen-bond donors (Lipinski definition) is 1. The molecule has 0 saturated heterocycles. The van der Waals surface area contributed by atoms with Gasteiger partial charge in [0.25, 0.3) is 0 Å². The topological polar surface area (TPSA) is 53.7 Å². The Kier molecular flexibility index (Phi) is 5.95. The molecule has 1 rings (SSSR count). The SMILES string of the molecule is COCC(C)Oc1c(CC(C)N)cccc1OC. The molecule has 0 saturated carbocycles. The summed E-state index contributed by atoms with van der Waals surface area (Å²) in [7, 11) is 3.30. The van der Waals surface area contributed by atoms with Crippen molar-refractivity contribution in [2.24, 2.45) is 5.73 Å². The molecule has 2 atom stereocenters. The smallest absolute Gasteiger partial charge is 0.164 e. The molecule has 1 aromatic carbocycles. The van der Waals surface area contributed by atoms with Crippen molar-refractivity contribution in [3.8, 4) is 11.5 Å². The number of ether oxygens (including phenoxy) is 3. The van der Waals surface area contributed by atoms with Crippen LogP contribution in [-0.4, -0.2) is 33.0 Å². The third kappa shape index (κ3) is 4.20. The molecule has 1 aromatic rings. The van der Waals surface area contributed by atoms with Crippen molar-refractivity contribution in [1.29, 1.82) is 0 Å². The van der Waals surface area contributed by atoms with Crippen LogP contribution in [0.2, 0.25) is 0 Å². The van der Waals surface area contributed by atoms with Crippen molar-refractivity contribution in [2.45, 2.75) is 32.4 Å². The zero-order valence-electron chi connectivity index (χ0n) is 11.6. The van der Waals surface area contributed by atoms with E-state index in [4.69, 9.17) is 19.9 Å². The monoisotopic (exact) mass is 253 g/mol. The molecule has 4 heteroatoms. The quantitative estimate of drug-likeness (QED) is 0.807. The van der Waals surface area contributed by atoms with Crippen molar-refractivity contribution in [1.82, 2.24) is 0 Å². The normalized spacial score (nSPS) is 14.1. The fourth-order valence-electron chi connectivity index (χ4n) is 1.83. The van der Waals surface area contributed by atoms with Crippen molar-refractivity contribution >= 4 is 0 Å². The maximum atomic E-state index is 5.90. The van der Waals surface area contributed by atoms with Gasteiger partial charge in [-0.15, -0.1) is 0 Å². The summed E-state index contributed by atoms with van der Waals surface area (Å²) in [4.78, 5) is 0. The molecule has 2 N–H and O–H groups in total. The fraction of sp³-hybridized carbons (Fsp3) is 0.571. The highest BCUT2D eigenvalue weighted by atomic mass is 16.5. The molecular formula is C14H23NO3. The van der Waals surface area contributed by atoms with Crippen LogP contribution in [0.25, 0.3) is 0 Å². The first-order valence-corrected chi connectivity index (χ1v) is 6.15. The average molecular weight is 253 g/mol. The fourth-order valence-corrected chi connectivity index (χ4v) is 1.83. The minimum Gasteiger partial charge on any atom is -0.493 e. The predicted molar refractivity (Wildman–Crippen MR) is 72.3 cm³/mol. The lowest BCUT2D eigenvalue weighted by molar-refractivity contribution is 0.0892. The summed E-state index contributed by atoms with van der Waals surface area (Å²) < 4.78 is 16.3. The van der Waals surface area contributed by atoms with Crippen LogP contribution in [0.15, 0.2) is 18.2 Å². The van der Waals surface area contributed by atoms with Gasteiger partial charge in [-0.05, 0) is 31.9 Å². The summed E-state index contributed by atoms with van der Waals surface area (Å²) in [5, 5.41) is 0. The molecule has 0 spiro atoms. The van der Waals surface area contributed by atoms with Gasteiger partial charge in [0.2, 0.25) is 0 Å². The number of benzene rings is 1. The Morgan fingerprint density at radius 1 is 1.22 bits per heavy atom. The van der Waals surface area contributed by atoms with E-state index in [0.29, 0.717) is 6.61 Å². The Hall–Kier alpha value is -1.26. The molecule has 2 unspecified atom stereocenters. The lowest BCUT2D eigenvalue weighted by Gasteiger charge is -2.20. The predicted octanol–water partition coefficient (Wildman–Crippen LogP) is 2.00. The first-order chi connectivity index (χ1) is 8.58. The van der Waals surface area contributed by atoms with Gasteiger partial charge in [-0.25, -0.2) is 0 Å². The average Bonchev–Trinajstić information content (AvgIpc) is 2.31. The van der Waals surface area contributed by atoms with Gasteiger partial charge in [-0.2, -0.15) is 0 Å². The molecule has 102 valence electrons. The van der Waals surface area contributed by atoms with E-state index in [9.17, 15) is 0 Å². The first kappa shape index (κ1) is 14.8. The van der Waals surface area contributed by atoms with E-state index < -0.39 is 0 Å². The van der Waals surface area contributed by atoms with Gasteiger partial charge in [-0.3, -0.25) is 0 Å². The van der Waals surface area contributed by atoms with Crippen LogP contribution < -0.4 is 15.2 Å². The van der Waals surface area contributed by atoms with E-state index in [0.717, 1.165) is 23.5 Å². The number of para-hydroxylation sites is 1. The van der Waals surface area contributed by atoms with Crippen molar-refractivity contribution in [3.63, 3.8) is 0 Å². The highest BCUT2D eigenvalue weighted by Crippen LogP contribution is 2.32. The number of rotatable bonds is 7. The van der Waals surface area contributed by atoms with Gasteiger partial charge >= 0.3 is 0 Å². The molecule has 0 bridgehead atoms. The number of methoxy groups -OCH3 is 2. The minimum absolute atomic E-state index is 0.0295. The minimum atomic E-state index is -0.0295. The highest BCUT2D eigenvalue weighted by molar-refractivity contribution is 5.47. The van der Waals surface area contributed by atoms with Gasteiger partial charge in [0.15, 0.2) is 11.5 Å². The van der Waals surface area contributed by atoms with E-state index in [1.807, 2.05) is 32.0 Å². The van der Waals surface area contributed by atoms with Crippen LogP contribution in [-0.2, 0) is 11.2 Å². The maximum Gasteiger partial charge on any atom is 0.164 e. The first-order valence-electron chi connectivity index (χ1n) is 6.15. The zero-order valence-corrected chi connectivity index (χ0v) is 11.6. The summed E-state index contributed by atoms with van der Waals surface area (Å²) in [5.74, 6) is 1.50. The van der Waals surface area contributed by atoms with Gasteiger partial charge < -0.3 is 19.9 Å².